The summed E-state index contributed by atoms with van der Waals surface area (Å²) in [5.41, 5.74) is 0. The summed E-state index contributed by atoms with van der Waals surface area (Å²) >= 11 is 3.65. The minimum Gasteiger partial charge on any atom is -0.508 e. The predicted octanol–water partition coefficient (Wildman–Crippen LogP) is 5.28. The van der Waals surface area contributed by atoms with Crippen molar-refractivity contribution in [1.82, 2.24) is 0 Å². The average Bonchev–Trinajstić information content (AvgIpc) is 2.53. The molecule has 3 nitrogen and oxygen atoms in total. The van der Waals surface area contributed by atoms with E-state index in [0.717, 1.165) is 41.5 Å². The number of halogens is 1. The van der Waals surface area contributed by atoms with Gasteiger partial charge in [0.1, 0.15) is 5.75 Å². The third-order valence-corrected chi connectivity index (χ3v) is 4.84. The van der Waals surface area contributed by atoms with Crippen LogP contribution < -0.4 is 9.47 Å². The first-order chi connectivity index (χ1) is 10.7. The van der Waals surface area contributed by atoms with Gasteiger partial charge in [0.2, 0.25) is 0 Å². The van der Waals surface area contributed by atoms with Crippen molar-refractivity contribution in [3.63, 3.8) is 0 Å². The minimum atomic E-state index is 0.253. The minimum absolute atomic E-state index is 0.253. The fraction of sp³-hybridized carbons (Fsp3) is 0.444. The Balaban J connectivity index is 2.00. The van der Waals surface area contributed by atoms with Crippen molar-refractivity contribution in [2.45, 2.75) is 37.4 Å². The lowest BCUT2D eigenvalue weighted by atomic mass is 10.1. The predicted molar refractivity (Wildman–Crippen MR) is 94.5 cm³/mol. The number of ether oxygens (including phenoxy) is 2. The van der Waals surface area contributed by atoms with Crippen LogP contribution in [-0.4, -0.2) is 23.7 Å². The van der Waals surface area contributed by atoms with Crippen LogP contribution in [0.4, 0.5) is 0 Å². The molecule has 0 aliphatic carbocycles. The van der Waals surface area contributed by atoms with Crippen LogP contribution in [0.2, 0.25) is 0 Å². The van der Waals surface area contributed by atoms with Crippen molar-refractivity contribution in [3.8, 4) is 17.2 Å². The summed E-state index contributed by atoms with van der Waals surface area (Å²) in [6, 6.07) is 9.09. The number of hydrogen-bond donors (Lipinski definition) is 1. The fourth-order valence-corrected chi connectivity index (χ4v) is 2.77. The molecule has 0 aromatic heterocycles. The van der Waals surface area contributed by atoms with Gasteiger partial charge in [-0.3, -0.25) is 0 Å². The van der Waals surface area contributed by atoms with E-state index in [1.54, 1.807) is 19.2 Å². The lowest BCUT2D eigenvalue weighted by Gasteiger charge is -2.13. The zero-order valence-electron chi connectivity index (χ0n) is 13.1. The number of phenolic OH excluding ortho intramolecular Hbond substituents is 1. The molecule has 1 unspecified atom stereocenters. The highest BCUT2D eigenvalue weighted by Crippen LogP contribution is 2.36. The quantitative estimate of drug-likeness (QED) is 0.510. The van der Waals surface area contributed by atoms with Crippen molar-refractivity contribution in [1.29, 1.82) is 0 Å². The molecule has 4 heteroatoms. The van der Waals surface area contributed by atoms with Crippen LogP contribution in [0.3, 0.4) is 0 Å². The highest BCUT2D eigenvalue weighted by Gasteiger charge is 2.10. The van der Waals surface area contributed by atoms with Crippen molar-refractivity contribution >= 4 is 26.7 Å². The second-order valence-electron chi connectivity index (χ2n) is 5.35. The summed E-state index contributed by atoms with van der Waals surface area (Å²) in [5, 5.41) is 11.4. The Kier molecular flexibility index (Phi) is 6.37. The highest BCUT2D eigenvalue weighted by molar-refractivity contribution is 9.09. The molecule has 0 heterocycles. The van der Waals surface area contributed by atoms with E-state index in [1.165, 1.54) is 6.42 Å². The summed E-state index contributed by atoms with van der Waals surface area (Å²) in [4.78, 5) is 0.607. The molecule has 22 heavy (non-hydrogen) atoms. The molecule has 1 atom stereocenters. The van der Waals surface area contributed by atoms with E-state index in [1.807, 2.05) is 18.2 Å². The zero-order chi connectivity index (χ0) is 15.9. The van der Waals surface area contributed by atoms with Gasteiger partial charge >= 0.3 is 0 Å². The van der Waals surface area contributed by atoms with E-state index < -0.39 is 0 Å². The summed E-state index contributed by atoms with van der Waals surface area (Å²) in [7, 11) is 1.64. The molecule has 0 saturated carbocycles. The number of rotatable bonds is 8. The topological polar surface area (TPSA) is 38.7 Å². The van der Waals surface area contributed by atoms with Gasteiger partial charge in [0, 0.05) is 10.2 Å². The van der Waals surface area contributed by atoms with Crippen molar-refractivity contribution < 1.29 is 14.6 Å². The number of alkyl halides is 1. The molecule has 120 valence electrons. The van der Waals surface area contributed by atoms with Crippen LogP contribution in [0.1, 0.15) is 32.6 Å². The Morgan fingerprint density at radius 3 is 2.73 bits per heavy atom. The largest absolute Gasteiger partial charge is 0.508 e. The maximum atomic E-state index is 9.55. The molecular formula is C18H23BrO3. The summed E-state index contributed by atoms with van der Waals surface area (Å²) in [5.74, 6) is 1.74. The molecule has 2 rings (SSSR count). The zero-order valence-corrected chi connectivity index (χ0v) is 14.7. The van der Waals surface area contributed by atoms with Gasteiger partial charge < -0.3 is 14.6 Å². The SMILES string of the molecule is CCC(Br)CCCCOc1ccc2cc(O)ccc2c1OC. The van der Waals surface area contributed by atoms with Gasteiger partial charge in [0.15, 0.2) is 11.5 Å². The summed E-state index contributed by atoms with van der Waals surface area (Å²) in [6.07, 6.45) is 4.51. The van der Waals surface area contributed by atoms with Crippen molar-refractivity contribution in [3.05, 3.63) is 30.3 Å². The van der Waals surface area contributed by atoms with E-state index in [9.17, 15) is 5.11 Å². The van der Waals surface area contributed by atoms with Crippen LogP contribution in [-0.2, 0) is 0 Å². The molecule has 1 N–H and O–H groups in total. The molecule has 0 saturated heterocycles. The molecule has 0 bridgehead atoms. The number of phenols is 1. The van der Waals surface area contributed by atoms with Crippen LogP contribution in [0.25, 0.3) is 10.8 Å². The smallest absolute Gasteiger partial charge is 0.168 e. The molecule has 0 aliphatic heterocycles. The highest BCUT2D eigenvalue weighted by atomic mass is 79.9. The van der Waals surface area contributed by atoms with Gasteiger partial charge in [-0.05, 0) is 55.3 Å². The standard InChI is InChI=1S/C18H23BrO3/c1-3-14(19)6-4-5-11-22-17-10-7-13-12-15(20)8-9-16(13)18(17)21-2/h7-10,12,14,20H,3-6,11H2,1-2H3. The Morgan fingerprint density at radius 1 is 1.18 bits per heavy atom. The monoisotopic (exact) mass is 366 g/mol. The molecule has 0 fully saturated rings. The molecule has 2 aromatic carbocycles. The first kappa shape index (κ1) is 16.9. The fourth-order valence-electron chi connectivity index (χ4n) is 2.45. The lowest BCUT2D eigenvalue weighted by molar-refractivity contribution is 0.286. The third-order valence-electron chi connectivity index (χ3n) is 3.73. The van der Waals surface area contributed by atoms with Gasteiger partial charge in [-0.1, -0.05) is 28.9 Å². The third kappa shape index (κ3) is 4.29. The Labute approximate surface area is 140 Å². The lowest BCUT2D eigenvalue weighted by Crippen LogP contribution is -2.02. The normalized spacial score (nSPS) is 12.3. The molecular weight excluding hydrogens is 344 g/mol. The van der Waals surface area contributed by atoms with Crippen molar-refractivity contribution in [2.24, 2.45) is 0 Å². The average molecular weight is 367 g/mol. The van der Waals surface area contributed by atoms with Gasteiger partial charge in [-0.15, -0.1) is 0 Å². The van der Waals surface area contributed by atoms with E-state index in [4.69, 9.17) is 9.47 Å². The van der Waals surface area contributed by atoms with E-state index in [0.29, 0.717) is 11.4 Å². The van der Waals surface area contributed by atoms with Crippen LogP contribution in [0.5, 0.6) is 17.2 Å². The van der Waals surface area contributed by atoms with Gasteiger partial charge in [-0.2, -0.15) is 0 Å². The van der Waals surface area contributed by atoms with Crippen LogP contribution in [0, 0.1) is 0 Å². The maximum Gasteiger partial charge on any atom is 0.168 e. The van der Waals surface area contributed by atoms with E-state index in [-0.39, 0.29) is 5.75 Å². The van der Waals surface area contributed by atoms with Crippen LogP contribution in [0.15, 0.2) is 30.3 Å². The van der Waals surface area contributed by atoms with Crippen LogP contribution >= 0.6 is 15.9 Å². The molecule has 0 amide bonds. The number of methoxy groups -OCH3 is 1. The maximum absolute atomic E-state index is 9.55. The van der Waals surface area contributed by atoms with Gasteiger partial charge in [-0.25, -0.2) is 0 Å². The number of unbranched alkanes of at least 4 members (excludes halogenated alkanes) is 1. The summed E-state index contributed by atoms with van der Waals surface area (Å²) < 4.78 is 11.4. The Bertz CT molecular complexity index is 613. The molecule has 0 radical (unpaired) electrons. The first-order valence-corrected chi connectivity index (χ1v) is 8.63. The number of aromatic hydroxyl groups is 1. The molecule has 0 spiro atoms. The second-order valence-corrected chi connectivity index (χ2v) is 6.65. The number of fused-ring (bicyclic) bond motifs is 1. The molecule has 0 aliphatic rings. The number of hydrogen-bond acceptors (Lipinski definition) is 3. The molecule has 2 aromatic rings. The van der Waals surface area contributed by atoms with E-state index >= 15 is 0 Å². The second kappa shape index (κ2) is 8.28. The van der Waals surface area contributed by atoms with E-state index in [2.05, 4.69) is 22.9 Å². The van der Waals surface area contributed by atoms with Gasteiger partial charge in [0.05, 0.1) is 13.7 Å². The number of benzene rings is 2. The van der Waals surface area contributed by atoms with Gasteiger partial charge in [0.25, 0.3) is 0 Å². The first-order valence-electron chi connectivity index (χ1n) is 7.72. The van der Waals surface area contributed by atoms with Crippen molar-refractivity contribution in [2.75, 3.05) is 13.7 Å². The Hall–Kier alpha value is -1.42. The Morgan fingerprint density at radius 2 is 2.00 bits per heavy atom. The summed E-state index contributed by atoms with van der Waals surface area (Å²) in [6.45, 7) is 2.87.